The van der Waals surface area contributed by atoms with Gasteiger partial charge in [0.2, 0.25) is 10.0 Å². The van der Waals surface area contributed by atoms with Gasteiger partial charge in [-0.05, 0) is 34.1 Å². The molecule has 0 saturated heterocycles. The normalized spacial score (nSPS) is 13.5. The number of nitrogens with two attached hydrogens (primary N) is 1. The van der Waals surface area contributed by atoms with Crippen molar-refractivity contribution < 1.29 is 12.6 Å². The van der Waals surface area contributed by atoms with E-state index in [2.05, 4.69) is 20.7 Å². The SMILES string of the molecule is CS(=O)CCNS(=O)(=O)c1ccc(Br)c(N)c1. The molecule has 8 heteroatoms. The largest absolute Gasteiger partial charge is 0.398 e. The second-order valence-corrected chi connectivity index (χ2v) is 7.53. The molecule has 1 atom stereocenters. The number of halogens is 1. The molecule has 5 nitrogen and oxygen atoms in total. The Morgan fingerprint density at radius 3 is 2.65 bits per heavy atom. The fraction of sp³-hybridized carbons (Fsp3) is 0.333. The van der Waals surface area contributed by atoms with E-state index in [1.54, 1.807) is 6.07 Å². The summed E-state index contributed by atoms with van der Waals surface area (Å²) in [6.07, 6.45) is 1.52. The zero-order chi connectivity index (χ0) is 13.1. The number of anilines is 1. The lowest BCUT2D eigenvalue weighted by atomic mass is 10.3. The van der Waals surface area contributed by atoms with Crippen LogP contribution in [0.2, 0.25) is 0 Å². The quantitative estimate of drug-likeness (QED) is 0.771. The van der Waals surface area contributed by atoms with Gasteiger partial charge in [-0.2, -0.15) is 0 Å². The lowest BCUT2D eigenvalue weighted by Gasteiger charge is -2.07. The third kappa shape index (κ3) is 4.38. The van der Waals surface area contributed by atoms with Crippen LogP contribution in [0.4, 0.5) is 5.69 Å². The van der Waals surface area contributed by atoms with Crippen LogP contribution in [0.15, 0.2) is 27.6 Å². The molecule has 96 valence electrons. The predicted octanol–water partition coefficient (Wildman–Crippen LogP) is 0.688. The van der Waals surface area contributed by atoms with Gasteiger partial charge in [-0.3, -0.25) is 4.21 Å². The molecule has 1 aromatic carbocycles. The number of rotatable bonds is 5. The summed E-state index contributed by atoms with van der Waals surface area (Å²) in [7, 11) is -4.60. The van der Waals surface area contributed by atoms with Crippen LogP contribution in [0.1, 0.15) is 0 Å². The van der Waals surface area contributed by atoms with Gasteiger partial charge >= 0.3 is 0 Å². The smallest absolute Gasteiger partial charge is 0.240 e. The van der Waals surface area contributed by atoms with Crippen LogP contribution in [0.3, 0.4) is 0 Å². The van der Waals surface area contributed by atoms with E-state index in [1.165, 1.54) is 18.4 Å². The van der Waals surface area contributed by atoms with E-state index in [9.17, 15) is 12.6 Å². The molecule has 0 fully saturated rings. The summed E-state index contributed by atoms with van der Waals surface area (Å²) in [4.78, 5) is 0.0973. The monoisotopic (exact) mass is 340 g/mol. The minimum Gasteiger partial charge on any atom is -0.398 e. The number of nitrogens with one attached hydrogen (secondary N) is 1. The van der Waals surface area contributed by atoms with Crippen molar-refractivity contribution in [2.24, 2.45) is 0 Å². The third-order valence-electron chi connectivity index (χ3n) is 1.96. The van der Waals surface area contributed by atoms with Crippen LogP contribution in [-0.2, 0) is 20.8 Å². The molecular weight excluding hydrogens is 328 g/mol. The van der Waals surface area contributed by atoms with Crippen LogP contribution < -0.4 is 10.5 Å². The van der Waals surface area contributed by atoms with E-state index in [0.29, 0.717) is 10.2 Å². The predicted molar refractivity (Wildman–Crippen MR) is 72.7 cm³/mol. The van der Waals surface area contributed by atoms with Crippen molar-refractivity contribution in [3.63, 3.8) is 0 Å². The van der Waals surface area contributed by atoms with Gasteiger partial charge < -0.3 is 5.73 Å². The fourth-order valence-electron chi connectivity index (χ4n) is 1.09. The van der Waals surface area contributed by atoms with Crippen LogP contribution in [-0.4, -0.2) is 31.2 Å². The van der Waals surface area contributed by atoms with Gasteiger partial charge in [-0.15, -0.1) is 0 Å². The molecule has 17 heavy (non-hydrogen) atoms. The Kier molecular flexibility index (Phi) is 5.11. The summed E-state index contributed by atoms with van der Waals surface area (Å²) < 4.78 is 37.4. The Bertz CT molecular complexity index is 531. The Labute approximate surface area is 111 Å². The number of hydrogen-bond donors (Lipinski definition) is 2. The molecule has 0 aliphatic rings. The first-order chi connectivity index (χ1) is 7.83. The third-order valence-corrected chi connectivity index (χ3v) is 4.92. The van der Waals surface area contributed by atoms with Gasteiger partial charge in [0.1, 0.15) is 0 Å². The van der Waals surface area contributed by atoms with Crippen molar-refractivity contribution >= 4 is 42.4 Å². The van der Waals surface area contributed by atoms with Gasteiger partial charge in [0.25, 0.3) is 0 Å². The number of sulfonamides is 1. The molecule has 0 aromatic heterocycles. The maximum Gasteiger partial charge on any atom is 0.240 e. The molecule has 0 saturated carbocycles. The van der Waals surface area contributed by atoms with E-state index in [4.69, 9.17) is 5.73 Å². The Hall–Kier alpha value is -0.440. The van der Waals surface area contributed by atoms with Crippen molar-refractivity contribution in [2.75, 3.05) is 24.3 Å². The van der Waals surface area contributed by atoms with Crippen molar-refractivity contribution in [3.8, 4) is 0 Å². The van der Waals surface area contributed by atoms with Crippen LogP contribution in [0.25, 0.3) is 0 Å². The zero-order valence-electron chi connectivity index (χ0n) is 9.14. The summed E-state index contributed by atoms with van der Waals surface area (Å²) >= 11 is 3.19. The minimum atomic E-state index is -3.58. The van der Waals surface area contributed by atoms with Gasteiger partial charge in [0, 0.05) is 39.5 Å². The first-order valence-corrected chi connectivity index (χ1v) is 8.68. The Balaban J connectivity index is 2.82. The van der Waals surface area contributed by atoms with Crippen molar-refractivity contribution in [2.45, 2.75) is 4.90 Å². The van der Waals surface area contributed by atoms with Gasteiger partial charge in [-0.25, -0.2) is 13.1 Å². The first kappa shape index (κ1) is 14.6. The zero-order valence-corrected chi connectivity index (χ0v) is 12.4. The summed E-state index contributed by atoms with van der Waals surface area (Å²) in [5.74, 6) is 0.283. The van der Waals surface area contributed by atoms with Gasteiger partial charge in [0.05, 0.1) is 4.90 Å². The summed E-state index contributed by atoms with van der Waals surface area (Å²) in [6, 6.07) is 4.39. The van der Waals surface area contributed by atoms with Crippen molar-refractivity contribution in [1.29, 1.82) is 0 Å². The van der Waals surface area contributed by atoms with Crippen molar-refractivity contribution in [3.05, 3.63) is 22.7 Å². The van der Waals surface area contributed by atoms with Crippen molar-refractivity contribution in [1.82, 2.24) is 4.72 Å². The second-order valence-electron chi connectivity index (χ2n) is 3.36. The summed E-state index contributed by atoms with van der Waals surface area (Å²) in [6.45, 7) is 0.140. The molecule has 0 aliphatic heterocycles. The molecule has 0 aliphatic carbocycles. The second kappa shape index (κ2) is 5.94. The van der Waals surface area contributed by atoms with E-state index < -0.39 is 20.8 Å². The highest BCUT2D eigenvalue weighted by Gasteiger charge is 2.14. The van der Waals surface area contributed by atoms with E-state index in [-0.39, 0.29) is 17.2 Å². The highest BCUT2D eigenvalue weighted by Crippen LogP contribution is 2.22. The lowest BCUT2D eigenvalue weighted by molar-refractivity contribution is 0.584. The maximum absolute atomic E-state index is 11.8. The number of nitrogen functional groups attached to an aromatic ring is 1. The maximum atomic E-state index is 11.8. The summed E-state index contributed by atoms with van der Waals surface area (Å²) in [5.41, 5.74) is 5.96. The van der Waals surface area contributed by atoms with E-state index >= 15 is 0 Å². The molecule has 1 aromatic rings. The highest BCUT2D eigenvalue weighted by atomic mass is 79.9. The summed E-state index contributed by atoms with van der Waals surface area (Å²) in [5, 5.41) is 0. The van der Waals surface area contributed by atoms with Crippen LogP contribution >= 0.6 is 15.9 Å². The minimum absolute atomic E-state index is 0.0973. The van der Waals surface area contributed by atoms with Crippen LogP contribution in [0, 0.1) is 0 Å². The lowest BCUT2D eigenvalue weighted by Crippen LogP contribution is -2.27. The molecule has 0 radical (unpaired) electrons. The van der Waals surface area contributed by atoms with E-state index in [0.717, 1.165) is 0 Å². The molecular formula is C9H13BrN2O3S2. The fourth-order valence-corrected chi connectivity index (χ4v) is 2.92. The van der Waals surface area contributed by atoms with Gasteiger partial charge in [-0.1, -0.05) is 0 Å². The number of hydrogen-bond acceptors (Lipinski definition) is 4. The van der Waals surface area contributed by atoms with Crippen LogP contribution in [0.5, 0.6) is 0 Å². The Morgan fingerprint density at radius 2 is 2.12 bits per heavy atom. The van der Waals surface area contributed by atoms with Gasteiger partial charge in [0.15, 0.2) is 0 Å². The van der Waals surface area contributed by atoms with E-state index in [1.807, 2.05) is 0 Å². The molecule has 1 unspecified atom stereocenters. The average Bonchev–Trinajstić information content (AvgIpc) is 2.21. The molecule has 0 spiro atoms. The molecule has 1 rings (SSSR count). The highest BCUT2D eigenvalue weighted by molar-refractivity contribution is 9.10. The Morgan fingerprint density at radius 1 is 1.47 bits per heavy atom. The standard InChI is InChI=1S/C9H13BrN2O3S2/c1-16(13)5-4-12-17(14,15)7-2-3-8(10)9(11)6-7/h2-3,6,12H,4-5,11H2,1H3. The molecule has 0 amide bonds. The number of benzene rings is 1. The average molecular weight is 341 g/mol. The topological polar surface area (TPSA) is 89.3 Å². The first-order valence-electron chi connectivity index (χ1n) is 4.67. The molecule has 3 N–H and O–H groups in total. The molecule has 0 heterocycles. The molecule has 0 bridgehead atoms.